The van der Waals surface area contributed by atoms with Crippen molar-refractivity contribution in [2.24, 2.45) is 4.99 Å². The second-order valence-electron chi connectivity index (χ2n) is 7.05. The quantitative estimate of drug-likeness (QED) is 0.390. The third-order valence-corrected chi connectivity index (χ3v) is 3.60. The number of amides is 1. The molecule has 5 nitrogen and oxygen atoms in total. The maximum Gasteiger partial charge on any atom is 0.240 e. The Morgan fingerprint density at radius 3 is 2.20 bits per heavy atom. The van der Waals surface area contributed by atoms with E-state index in [-0.39, 0.29) is 42.0 Å². The molecule has 25 heavy (non-hydrogen) atoms. The van der Waals surface area contributed by atoms with Crippen LogP contribution in [0.15, 0.2) is 29.3 Å². The first-order valence-electron chi connectivity index (χ1n) is 8.55. The van der Waals surface area contributed by atoms with E-state index in [0.29, 0.717) is 0 Å². The summed E-state index contributed by atoms with van der Waals surface area (Å²) in [6.07, 6.45) is 1.98. The molecule has 1 aromatic carbocycles. The van der Waals surface area contributed by atoms with E-state index in [0.717, 1.165) is 25.3 Å². The molecule has 1 rings (SSSR count). The van der Waals surface area contributed by atoms with Crippen molar-refractivity contribution in [3.63, 3.8) is 0 Å². The van der Waals surface area contributed by atoms with Crippen LogP contribution >= 0.6 is 24.0 Å². The molecule has 0 aliphatic heterocycles. The molecule has 1 amide bonds. The lowest BCUT2D eigenvalue weighted by atomic mass is 10.1. The summed E-state index contributed by atoms with van der Waals surface area (Å²) in [5.41, 5.74) is 2.43. The number of nitrogens with zero attached hydrogens (tertiary/aromatic N) is 2. The molecule has 2 N–H and O–H groups in total. The van der Waals surface area contributed by atoms with Crippen LogP contribution in [0.2, 0.25) is 0 Å². The van der Waals surface area contributed by atoms with Crippen molar-refractivity contribution >= 4 is 35.8 Å². The second kappa shape index (κ2) is 11.3. The average Bonchev–Trinajstić information content (AvgIpc) is 2.50. The van der Waals surface area contributed by atoms with Crippen molar-refractivity contribution in [3.8, 4) is 0 Å². The first kappa shape index (κ1) is 23.7. The lowest BCUT2D eigenvalue weighted by Crippen LogP contribution is -2.49. The number of aryl methyl sites for hydroxylation is 1. The van der Waals surface area contributed by atoms with Crippen LogP contribution < -0.4 is 10.6 Å². The van der Waals surface area contributed by atoms with Crippen molar-refractivity contribution in [3.05, 3.63) is 35.4 Å². The van der Waals surface area contributed by atoms with Gasteiger partial charge < -0.3 is 15.5 Å². The van der Waals surface area contributed by atoms with Crippen LogP contribution in [0.3, 0.4) is 0 Å². The summed E-state index contributed by atoms with van der Waals surface area (Å²) in [5, 5.41) is 6.27. The van der Waals surface area contributed by atoms with Gasteiger partial charge in [-0.15, -0.1) is 24.0 Å². The molecule has 0 spiro atoms. The van der Waals surface area contributed by atoms with Crippen LogP contribution in [-0.2, 0) is 17.6 Å². The molecule has 142 valence electrons. The molecule has 0 radical (unpaired) electrons. The largest absolute Gasteiger partial charge is 0.356 e. The summed E-state index contributed by atoms with van der Waals surface area (Å²) in [7, 11) is 3.60. The molecule has 0 bridgehead atoms. The molecule has 0 saturated heterocycles. The zero-order valence-corrected chi connectivity index (χ0v) is 18.7. The van der Waals surface area contributed by atoms with Gasteiger partial charge in [-0.2, -0.15) is 0 Å². The number of hydrogen-bond donors (Lipinski definition) is 2. The van der Waals surface area contributed by atoms with Gasteiger partial charge in [0.2, 0.25) is 5.91 Å². The van der Waals surface area contributed by atoms with Crippen molar-refractivity contribution in [1.29, 1.82) is 0 Å². The predicted molar refractivity (Wildman–Crippen MR) is 117 cm³/mol. The number of halogens is 1. The minimum absolute atomic E-state index is 0. The standard InChI is InChI=1S/C19H32N4O.HI/c1-7-15-8-10-16(11-9-15)12-13-21-18(20-5)23(6)14-17(24)22-19(2,3)4;/h8-11H,7,12-14H2,1-6H3,(H,20,21)(H,22,24);1H. The minimum atomic E-state index is -0.223. The van der Waals surface area contributed by atoms with E-state index in [2.05, 4.69) is 46.8 Å². The molecule has 0 heterocycles. The van der Waals surface area contributed by atoms with Crippen LogP contribution in [-0.4, -0.2) is 49.5 Å². The Balaban J connectivity index is 0.00000576. The number of likely N-dealkylation sites (N-methyl/N-ethyl adjacent to an activating group) is 1. The Kier molecular flexibility index (Phi) is 10.7. The van der Waals surface area contributed by atoms with Crippen LogP contribution in [0.4, 0.5) is 0 Å². The molecule has 6 heteroatoms. The highest BCUT2D eigenvalue weighted by Crippen LogP contribution is 2.05. The SMILES string of the molecule is CCc1ccc(CCNC(=NC)N(C)CC(=O)NC(C)(C)C)cc1.I. The second-order valence-corrected chi connectivity index (χ2v) is 7.05. The van der Waals surface area contributed by atoms with Crippen molar-refractivity contribution in [2.75, 3.05) is 27.2 Å². The number of nitrogens with one attached hydrogen (secondary N) is 2. The molecule has 0 aromatic heterocycles. The minimum Gasteiger partial charge on any atom is -0.356 e. The normalized spacial score (nSPS) is 11.5. The zero-order chi connectivity index (χ0) is 18.2. The smallest absolute Gasteiger partial charge is 0.240 e. The van der Waals surface area contributed by atoms with Gasteiger partial charge in [-0.25, -0.2) is 0 Å². The Bertz CT molecular complexity index is 550. The number of hydrogen-bond acceptors (Lipinski definition) is 2. The van der Waals surface area contributed by atoms with E-state index in [1.165, 1.54) is 11.1 Å². The van der Waals surface area contributed by atoms with Gasteiger partial charge in [-0.05, 0) is 44.7 Å². The molecule has 0 fully saturated rings. The third kappa shape index (κ3) is 9.67. The molecule has 0 aliphatic rings. The highest BCUT2D eigenvalue weighted by Gasteiger charge is 2.16. The lowest BCUT2D eigenvalue weighted by molar-refractivity contribution is -0.122. The summed E-state index contributed by atoms with van der Waals surface area (Å²) < 4.78 is 0. The van der Waals surface area contributed by atoms with Gasteiger partial charge in [0.15, 0.2) is 5.96 Å². The Morgan fingerprint density at radius 2 is 1.72 bits per heavy atom. The van der Waals surface area contributed by atoms with E-state index in [4.69, 9.17) is 0 Å². The number of carbonyl (C=O) groups excluding carboxylic acids is 1. The van der Waals surface area contributed by atoms with E-state index >= 15 is 0 Å². The van der Waals surface area contributed by atoms with E-state index in [1.807, 2.05) is 32.7 Å². The Labute approximate surface area is 169 Å². The summed E-state index contributed by atoms with van der Waals surface area (Å²) in [4.78, 5) is 18.1. The fourth-order valence-electron chi connectivity index (χ4n) is 2.39. The molecular weight excluding hydrogens is 427 g/mol. The van der Waals surface area contributed by atoms with Crippen LogP contribution in [0, 0.1) is 0 Å². The van der Waals surface area contributed by atoms with Crippen LogP contribution in [0.5, 0.6) is 0 Å². The van der Waals surface area contributed by atoms with Gasteiger partial charge in [0.05, 0.1) is 6.54 Å². The molecule has 1 aromatic rings. The van der Waals surface area contributed by atoms with Crippen molar-refractivity contribution in [1.82, 2.24) is 15.5 Å². The molecule has 0 saturated carbocycles. The molecule has 0 unspecified atom stereocenters. The predicted octanol–water partition coefficient (Wildman–Crippen LogP) is 2.83. The monoisotopic (exact) mass is 460 g/mol. The van der Waals surface area contributed by atoms with Crippen molar-refractivity contribution < 1.29 is 4.79 Å². The number of aliphatic imine (C=N–C) groups is 1. The summed E-state index contributed by atoms with van der Waals surface area (Å²) >= 11 is 0. The molecular formula is C19H33IN4O. The van der Waals surface area contributed by atoms with Gasteiger partial charge in [-0.3, -0.25) is 9.79 Å². The lowest BCUT2D eigenvalue weighted by Gasteiger charge is -2.25. The third-order valence-electron chi connectivity index (χ3n) is 3.60. The van der Waals surface area contributed by atoms with Gasteiger partial charge >= 0.3 is 0 Å². The fourth-order valence-corrected chi connectivity index (χ4v) is 2.39. The van der Waals surface area contributed by atoms with E-state index in [1.54, 1.807) is 7.05 Å². The number of guanidine groups is 1. The number of carbonyl (C=O) groups is 1. The zero-order valence-electron chi connectivity index (χ0n) is 16.3. The van der Waals surface area contributed by atoms with Gasteiger partial charge in [0.1, 0.15) is 0 Å². The molecule has 0 atom stereocenters. The topological polar surface area (TPSA) is 56.7 Å². The highest BCUT2D eigenvalue weighted by molar-refractivity contribution is 14.0. The van der Waals surface area contributed by atoms with Crippen LogP contribution in [0.25, 0.3) is 0 Å². The van der Waals surface area contributed by atoms with E-state index in [9.17, 15) is 4.79 Å². The van der Waals surface area contributed by atoms with Crippen LogP contribution in [0.1, 0.15) is 38.8 Å². The maximum absolute atomic E-state index is 12.0. The van der Waals surface area contributed by atoms with Gasteiger partial charge in [0, 0.05) is 26.2 Å². The average molecular weight is 460 g/mol. The van der Waals surface area contributed by atoms with Gasteiger partial charge in [-0.1, -0.05) is 31.2 Å². The highest BCUT2D eigenvalue weighted by atomic mass is 127. The van der Waals surface area contributed by atoms with Crippen molar-refractivity contribution in [2.45, 2.75) is 46.1 Å². The van der Waals surface area contributed by atoms with Gasteiger partial charge in [0.25, 0.3) is 0 Å². The number of rotatable bonds is 6. The Hall–Kier alpha value is -1.31. The summed E-state index contributed by atoms with van der Waals surface area (Å²) in [5.74, 6) is 0.715. The van der Waals surface area contributed by atoms with E-state index < -0.39 is 0 Å². The first-order chi connectivity index (χ1) is 11.2. The number of benzene rings is 1. The maximum atomic E-state index is 12.0. The first-order valence-corrected chi connectivity index (χ1v) is 8.55. The molecule has 0 aliphatic carbocycles. The summed E-state index contributed by atoms with van der Waals surface area (Å²) in [6, 6.07) is 8.69. The summed E-state index contributed by atoms with van der Waals surface area (Å²) in [6.45, 7) is 9.14. The Morgan fingerprint density at radius 1 is 1.16 bits per heavy atom. The fraction of sp³-hybridized carbons (Fsp3) is 0.579.